The van der Waals surface area contributed by atoms with Crippen LogP contribution in [0, 0.1) is 5.82 Å². The molecule has 4 rings (SSSR count). The van der Waals surface area contributed by atoms with E-state index in [0.717, 1.165) is 0 Å². The minimum atomic E-state index is -1.43. The first kappa shape index (κ1) is 17.4. The Kier molecular flexibility index (Phi) is 4.42. The molecule has 1 unspecified atom stereocenters. The highest BCUT2D eigenvalue weighted by atomic mass is 35.5. The summed E-state index contributed by atoms with van der Waals surface area (Å²) in [6.07, 6.45) is 1.76. The summed E-state index contributed by atoms with van der Waals surface area (Å²) in [4.78, 5) is 8.38. The predicted octanol–water partition coefficient (Wildman–Crippen LogP) is 4.98. The number of nitrogens with one attached hydrogen (secondary N) is 2. The van der Waals surface area contributed by atoms with Gasteiger partial charge in [-0.2, -0.15) is 0 Å². The van der Waals surface area contributed by atoms with Gasteiger partial charge in [0.25, 0.3) is 0 Å². The van der Waals surface area contributed by atoms with Gasteiger partial charge in [0.2, 0.25) is 0 Å². The minimum Gasteiger partial charge on any atom is -0.337 e. The molecule has 0 bridgehead atoms. The molecular formula is C18H14Cl2F2N4. The predicted molar refractivity (Wildman–Crippen MR) is 99.5 cm³/mol. The number of benzene rings is 2. The lowest BCUT2D eigenvalue weighted by Gasteiger charge is -2.19. The third kappa shape index (κ3) is 2.98. The highest BCUT2D eigenvalue weighted by molar-refractivity contribution is 6.42. The number of rotatable bonds is 3. The molecule has 1 aliphatic rings. The van der Waals surface area contributed by atoms with E-state index in [4.69, 9.17) is 23.2 Å². The van der Waals surface area contributed by atoms with Gasteiger partial charge < -0.3 is 10.6 Å². The van der Waals surface area contributed by atoms with Crippen molar-refractivity contribution in [2.45, 2.75) is 12.1 Å². The van der Waals surface area contributed by atoms with E-state index in [9.17, 15) is 4.39 Å². The van der Waals surface area contributed by atoms with Crippen molar-refractivity contribution in [1.82, 2.24) is 15.3 Å². The zero-order chi connectivity index (χ0) is 18.3. The van der Waals surface area contributed by atoms with E-state index in [2.05, 4.69) is 20.6 Å². The SMILES string of the molecule is Fc1c(Nc2ncnc3ccc(C4(F)CCNC4)cc23)ccc(Cl)c1Cl. The zero-order valence-electron chi connectivity index (χ0n) is 13.5. The zero-order valence-corrected chi connectivity index (χ0v) is 15.0. The van der Waals surface area contributed by atoms with E-state index in [1.54, 1.807) is 18.2 Å². The molecule has 1 saturated heterocycles. The maximum atomic E-state index is 15.1. The van der Waals surface area contributed by atoms with E-state index < -0.39 is 11.5 Å². The molecule has 1 atom stereocenters. The molecular weight excluding hydrogens is 381 g/mol. The molecule has 1 aromatic heterocycles. The van der Waals surface area contributed by atoms with Crippen LogP contribution in [0.2, 0.25) is 10.0 Å². The fraction of sp³-hybridized carbons (Fsp3) is 0.222. The highest BCUT2D eigenvalue weighted by Gasteiger charge is 2.35. The van der Waals surface area contributed by atoms with Crippen molar-refractivity contribution in [3.8, 4) is 0 Å². The van der Waals surface area contributed by atoms with Crippen LogP contribution < -0.4 is 10.6 Å². The molecule has 0 aliphatic carbocycles. The van der Waals surface area contributed by atoms with E-state index >= 15 is 4.39 Å². The number of halogens is 4. The van der Waals surface area contributed by atoms with Gasteiger partial charge in [0, 0.05) is 11.9 Å². The van der Waals surface area contributed by atoms with Crippen LogP contribution in [0.4, 0.5) is 20.3 Å². The van der Waals surface area contributed by atoms with Gasteiger partial charge in [0.05, 0.1) is 21.2 Å². The maximum Gasteiger partial charge on any atom is 0.166 e. The second kappa shape index (κ2) is 6.61. The standard InChI is InChI=1S/C18H14Cl2F2N4/c19-12-2-4-14(16(21)15(12)20)26-17-11-7-10(18(22)5-6-23-8-18)1-3-13(11)24-9-25-17/h1-4,7,9,23H,5-6,8H2,(H,24,25,26). The largest absolute Gasteiger partial charge is 0.337 e. The summed E-state index contributed by atoms with van der Waals surface area (Å²) in [6.45, 7) is 0.885. The molecule has 26 heavy (non-hydrogen) atoms. The summed E-state index contributed by atoms with van der Waals surface area (Å²) in [6, 6.07) is 8.14. The molecule has 0 radical (unpaired) electrons. The van der Waals surface area contributed by atoms with E-state index in [0.29, 0.717) is 35.2 Å². The first-order valence-corrected chi connectivity index (χ1v) is 8.79. The quantitative estimate of drug-likeness (QED) is 0.615. The van der Waals surface area contributed by atoms with Crippen LogP contribution in [-0.4, -0.2) is 23.1 Å². The van der Waals surface area contributed by atoms with Crippen LogP contribution in [-0.2, 0) is 5.67 Å². The van der Waals surface area contributed by atoms with Gasteiger partial charge in [-0.05, 0) is 42.8 Å². The molecule has 0 saturated carbocycles. The van der Waals surface area contributed by atoms with Crippen molar-refractivity contribution in [3.63, 3.8) is 0 Å². The van der Waals surface area contributed by atoms with Crippen molar-refractivity contribution >= 4 is 45.6 Å². The summed E-state index contributed by atoms with van der Waals surface area (Å²) in [5.41, 5.74) is -0.137. The molecule has 2 N–H and O–H groups in total. The molecule has 0 spiro atoms. The average Bonchev–Trinajstić information content (AvgIpc) is 3.10. The van der Waals surface area contributed by atoms with E-state index in [1.807, 2.05) is 0 Å². The smallest absolute Gasteiger partial charge is 0.166 e. The van der Waals surface area contributed by atoms with Crippen molar-refractivity contribution in [1.29, 1.82) is 0 Å². The number of fused-ring (bicyclic) bond motifs is 1. The number of hydrogen-bond donors (Lipinski definition) is 2. The molecule has 1 fully saturated rings. The summed E-state index contributed by atoms with van der Waals surface area (Å²) in [7, 11) is 0. The fourth-order valence-corrected chi connectivity index (χ4v) is 3.40. The van der Waals surface area contributed by atoms with Gasteiger partial charge in [-0.1, -0.05) is 29.3 Å². The first-order valence-electron chi connectivity index (χ1n) is 8.03. The van der Waals surface area contributed by atoms with E-state index in [-0.39, 0.29) is 22.3 Å². The monoisotopic (exact) mass is 394 g/mol. The third-order valence-electron chi connectivity index (χ3n) is 4.54. The molecule has 2 aromatic carbocycles. The first-order chi connectivity index (χ1) is 12.5. The highest BCUT2D eigenvalue weighted by Crippen LogP contribution is 2.36. The van der Waals surface area contributed by atoms with Crippen LogP contribution >= 0.6 is 23.2 Å². The normalized spacial score (nSPS) is 19.8. The van der Waals surface area contributed by atoms with Gasteiger partial charge in [0.1, 0.15) is 17.8 Å². The Bertz CT molecular complexity index is 990. The maximum absolute atomic E-state index is 15.1. The number of nitrogens with zero attached hydrogens (tertiary/aromatic N) is 2. The Morgan fingerprint density at radius 2 is 2.00 bits per heavy atom. The van der Waals surface area contributed by atoms with Crippen molar-refractivity contribution in [2.24, 2.45) is 0 Å². The second-order valence-corrected chi connectivity index (χ2v) is 6.98. The van der Waals surface area contributed by atoms with Gasteiger partial charge in [-0.25, -0.2) is 18.7 Å². The Morgan fingerprint density at radius 1 is 1.15 bits per heavy atom. The lowest BCUT2D eigenvalue weighted by Crippen LogP contribution is -2.23. The average molecular weight is 395 g/mol. The van der Waals surface area contributed by atoms with Gasteiger partial charge in [0.15, 0.2) is 5.82 Å². The molecule has 134 valence electrons. The minimum absolute atomic E-state index is 0.123. The Morgan fingerprint density at radius 3 is 2.77 bits per heavy atom. The van der Waals surface area contributed by atoms with Crippen LogP contribution in [0.1, 0.15) is 12.0 Å². The van der Waals surface area contributed by atoms with Crippen molar-refractivity contribution in [2.75, 3.05) is 18.4 Å². The molecule has 8 heteroatoms. The topological polar surface area (TPSA) is 49.8 Å². The van der Waals surface area contributed by atoms with Gasteiger partial charge >= 0.3 is 0 Å². The fourth-order valence-electron chi connectivity index (χ4n) is 3.09. The third-order valence-corrected chi connectivity index (χ3v) is 5.33. The lowest BCUT2D eigenvalue weighted by molar-refractivity contribution is 0.193. The van der Waals surface area contributed by atoms with Crippen LogP contribution in [0.25, 0.3) is 10.9 Å². The van der Waals surface area contributed by atoms with Crippen LogP contribution in [0.15, 0.2) is 36.7 Å². The van der Waals surface area contributed by atoms with Crippen molar-refractivity contribution < 1.29 is 8.78 Å². The molecule has 0 amide bonds. The Hall–Kier alpha value is -2.02. The van der Waals surface area contributed by atoms with Crippen LogP contribution in [0.3, 0.4) is 0 Å². The Labute approximate surface area is 158 Å². The summed E-state index contributed by atoms with van der Waals surface area (Å²) < 4.78 is 29.4. The molecule has 1 aliphatic heterocycles. The van der Waals surface area contributed by atoms with Gasteiger partial charge in [-0.3, -0.25) is 0 Å². The number of hydrogen-bond acceptors (Lipinski definition) is 4. The lowest BCUT2D eigenvalue weighted by atomic mass is 9.94. The molecule has 2 heterocycles. The summed E-state index contributed by atoms with van der Waals surface area (Å²) >= 11 is 11.7. The summed E-state index contributed by atoms with van der Waals surface area (Å²) in [5, 5.41) is 6.49. The number of anilines is 2. The Balaban J connectivity index is 1.79. The second-order valence-electron chi connectivity index (χ2n) is 6.19. The van der Waals surface area contributed by atoms with E-state index in [1.165, 1.54) is 18.5 Å². The molecule has 4 nitrogen and oxygen atoms in total. The van der Waals surface area contributed by atoms with Crippen molar-refractivity contribution in [3.05, 3.63) is 58.1 Å². The number of aromatic nitrogens is 2. The number of alkyl halides is 1. The molecule has 3 aromatic rings. The van der Waals surface area contributed by atoms with Crippen LogP contribution in [0.5, 0.6) is 0 Å². The summed E-state index contributed by atoms with van der Waals surface area (Å²) in [5.74, 6) is -0.312. The van der Waals surface area contributed by atoms with Gasteiger partial charge in [-0.15, -0.1) is 0 Å².